The fourth-order valence-corrected chi connectivity index (χ4v) is 3.14. The first kappa shape index (κ1) is 19.8. The van der Waals surface area contributed by atoms with Crippen LogP contribution in [0.3, 0.4) is 0 Å². The third kappa shape index (κ3) is 6.83. The smallest absolute Gasteiger partial charge is 0.319 e. The number of carbonyl (C=O) groups excluding carboxylic acids is 1. The number of aliphatic hydroxyl groups excluding tert-OH is 1. The van der Waals surface area contributed by atoms with Crippen LogP contribution in [-0.4, -0.2) is 35.8 Å². The molecular formula is C18H30N2O2S. The largest absolute Gasteiger partial charge is 0.396 e. The number of aliphatic hydroxyl groups is 1. The molecule has 0 aliphatic carbocycles. The van der Waals surface area contributed by atoms with Gasteiger partial charge in [-0.05, 0) is 35.1 Å². The van der Waals surface area contributed by atoms with Crippen molar-refractivity contribution in [2.75, 3.05) is 30.0 Å². The van der Waals surface area contributed by atoms with Crippen molar-refractivity contribution in [3.63, 3.8) is 0 Å². The van der Waals surface area contributed by atoms with Gasteiger partial charge in [-0.15, -0.1) is 0 Å². The topological polar surface area (TPSA) is 61.4 Å². The number of nitrogens with one attached hydrogen (secondary N) is 2. The Kier molecular flexibility index (Phi) is 9.10. The molecule has 0 saturated carbocycles. The number of amides is 2. The van der Waals surface area contributed by atoms with Crippen molar-refractivity contribution in [1.82, 2.24) is 5.32 Å². The first-order valence-electron chi connectivity index (χ1n) is 8.33. The van der Waals surface area contributed by atoms with Gasteiger partial charge in [0.25, 0.3) is 0 Å². The molecule has 0 heterocycles. The number of anilines is 1. The standard InChI is InChI=1S/C18H30N2O2S/c1-13(2)15-7-5-8-16(14(3)4)17(15)20-18(22)19-9-12-23-11-6-10-21/h5,7-8,13-14,21H,6,9-12H2,1-4H3,(H2,19,20,22). The van der Waals surface area contributed by atoms with Gasteiger partial charge in [-0.3, -0.25) is 0 Å². The second kappa shape index (κ2) is 10.6. The van der Waals surface area contributed by atoms with E-state index in [4.69, 9.17) is 5.11 Å². The maximum absolute atomic E-state index is 12.2. The summed E-state index contributed by atoms with van der Waals surface area (Å²) in [5, 5.41) is 14.7. The van der Waals surface area contributed by atoms with Gasteiger partial charge in [0.2, 0.25) is 0 Å². The third-order valence-electron chi connectivity index (χ3n) is 3.59. The molecule has 130 valence electrons. The molecule has 0 saturated heterocycles. The lowest BCUT2D eigenvalue weighted by atomic mass is 9.93. The molecule has 4 nitrogen and oxygen atoms in total. The molecule has 0 unspecified atom stereocenters. The van der Waals surface area contributed by atoms with Crippen molar-refractivity contribution < 1.29 is 9.90 Å². The molecule has 0 radical (unpaired) electrons. The van der Waals surface area contributed by atoms with Gasteiger partial charge >= 0.3 is 6.03 Å². The summed E-state index contributed by atoms with van der Waals surface area (Å²) in [6.45, 7) is 9.41. The van der Waals surface area contributed by atoms with Gasteiger partial charge in [0, 0.05) is 24.6 Å². The molecule has 1 aromatic rings. The molecule has 1 rings (SSSR count). The zero-order valence-corrected chi connectivity index (χ0v) is 15.5. The summed E-state index contributed by atoms with van der Waals surface area (Å²) in [5.41, 5.74) is 3.29. The molecule has 1 aromatic carbocycles. The van der Waals surface area contributed by atoms with Crippen LogP contribution in [0, 0.1) is 0 Å². The van der Waals surface area contributed by atoms with Gasteiger partial charge in [-0.2, -0.15) is 11.8 Å². The van der Waals surface area contributed by atoms with Gasteiger partial charge in [-0.25, -0.2) is 4.79 Å². The molecule has 5 heteroatoms. The summed E-state index contributed by atoms with van der Waals surface area (Å²) in [5.74, 6) is 2.50. The van der Waals surface area contributed by atoms with Crippen LogP contribution in [0.25, 0.3) is 0 Å². The Bertz CT molecular complexity index is 464. The number of benzene rings is 1. The van der Waals surface area contributed by atoms with E-state index in [0.717, 1.165) is 23.6 Å². The van der Waals surface area contributed by atoms with Gasteiger partial charge in [0.05, 0.1) is 0 Å². The zero-order valence-electron chi connectivity index (χ0n) is 14.7. The third-order valence-corrected chi connectivity index (χ3v) is 4.66. The molecule has 0 aromatic heterocycles. The monoisotopic (exact) mass is 338 g/mol. The van der Waals surface area contributed by atoms with Crippen LogP contribution >= 0.6 is 11.8 Å². The highest BCUT2D eigenvalue weighted by Gasteiger charge is 2.15. The zero-order chi connectivity index (χ0) is 17.2. The van der Waals surface area contributed by atoms with Gasteiger partial charge in [0.1, 0.15) is 0 Å². The highest BCUT2D eigenvalue weighted by Crippen LogP contribution is 2.32. The van der Waals surface area contributed by atoms with Crippen molar-refractivity contribution in [1.29, 1.82) is 0 Å². The van der Waals surface area contributed by atoms with E-state index in [9.17, 15) is 4.79 Å². The Hall–Kier alpha value is -1.20. The minimum absolute atomic E-state index is 0.150. The molecular weight excluding hydrogens is 308 g/mol. The average Bonchev–Trinajstić information content (AvgIpc) is 2.50. The number of urea groups is 1. The van der Waals surface area contributed by atoms with Crippen LogP contribution in [0.5, 0.6) is 0 Å². The number of hydrogen-bond donors (Lipinski definition) is 3. The Labute approximate surface area is 144 Å². The Balaban J connectivity index is 2.63. The van der Waals surface area contributed by atoms with Crippen molar-refractivity contribution in [2.24, 2.45) is 0 Å². The van der Waals surface area contributed by atoms with Crippen LogP contribution in [0.4, 0.5) is 10.5 Å². The first-order valence-corrected chi connectivity index (χ1v) is 9.49. The van der Waals surface area contributed by atoms with Gasteiger partial charge < -0.3 is 15.7 Å². The number of para-hydroxylation sites is 1. The van der Waals surface area contributed by atoms with Gasteiger partial charge in [-0.1, -0.05) is 45.9 Å². The van der Waals surface area contributed by atoms with Gasteiger partial charge in [0.15, 0.2) is 0 Å². The van der Waals surface area contributed by atoms with Crippen molar-refractivity contribution in [3.8, 4) is 0 Å². The number of hydrogen-bond acceptors (Lipinski definition) is 3. The van der Waals surface area contributed by atoms with E-state index >= 15 is 0 Å². The fourth-order valence-electron chi connectivity index (χ4n) is 2.36. The summed E-state index contributed by atoms with van der Waals surface area (Å²) in [4.78, 5) is 12.2. The summed E-state index contributed by atoms with van der Waals surface area (Å²) < 4.78 is 0. The summed E-state index contributed by atoms with van der Waals surface area (Å²) >= 11 is 1.74. The molecule has 23 heavy (non-hydrogen) atoms. The molecule has 2 amide bonds. The average molecular weight is 339 g/mol. The minimum atomic E-state index is -0.150. The van der Waals surface area contributed by atoms with Crippen LogP contribution in [0.15, 0.2) is 18.2 Å². The Morgan fingerprint density at radius 1 is 1.13 bits per heavy atom. The van der Waals surface area contributed by atoms with E-state index in [-0.39, 0.29) is 12.6 Å². The van der Waals surface area contributed by atoms with Crippen LogP contribution in [0.2, 0.25) is 0 Å². The van der Waals surface area contributed by atoms with E-state index in [1.54, 1.807) is 11.8 Å². The lowest BCUT2D eigenvalue weighted by Crippen LogP contribution is -2.31. The molecule has 0 bridgehead atoms. The van der Waals surface area contributed by atoms with Crippen LogP contribution < -0.4 is 10.6 Å². The van der Waals surface area contributed by atoms with Crippen molar-refractivity contribution >= 4 is 23.5 Å². The maximum Gasteiger partial charge on any atom is 0.319 e. The lowest BCUT2D eigenvalue weighted by Gasteiger charge is -2.20. The predicted molar refractivity (Wildman–Crippen MR) is 101 cm³/mol. The molecule has 0 atom stereocenters. The fraction of sp³-hybridized carbons (Fsp3) is 0.611. The Morgan fingerprint density at radius 2 is 1.74 bits per heavy atom. The van der Waals surface area contributed by atoms with E-state index in [0.29, 0.717) is 18.4 Å². The van der Waals surface area contributed by atoms with E-state index in [1.165, 1.54) is 11.1 Å². The highest BCUT2D eigenvalue weighted by atomic mass is 32.2. The number of thioether (sulfide) groups is 1. The lowest BCUT2D eigenvalue weighted by molar-refractivity contribution is 0.252. The maximum atomic E-state index is 12.2. The quantitative estimate of drug-likeness (QED) is 0.592. The first-order chi connectivity index (χ1) is 11.0. The molecule has 0 aliphatic heterocycles. The van der Waals surface area contributed by atoms with Crippen molar-refractivity contribution in [2.45, 2.75) is 46.0 Å². The van der Waals surface area contributed by atoms with Crippen molar-refractivity contribution in [3.05, 3.63) is 29.3 Å². The molecule has 3 N–H and O–H groups in total. The molecule has 0 spiro atoms. The van der Waals surface area contributed by atoms with E-state index < -0.39 is 0 Å². The normalized spacial score (nSPS) is 11.1. The minimum Gasteiger partial charge on any atom is -0.396 e. The van der Waals surface area contributed by atoms with Crippen LogP contribution in [0.1, 0.15) is 57.1 Å². The SMILES string of the molecule is CC(C)c1cccc(C(C)C)c1NC(=O)NCCSCCCO. The predicted octanol–water partition coefficient (Wildman–Crippen LogP) is 4.17. The Morgan fingerprint density at radius 3 is 2.26 bits per heavy atom. The second-order valence-electron chi connectivity index (χ2n) is 6.19. The summed E-state index contributed by atoms with van der Waals surface area (Å²) in [7, 11) is 0. The summed E-state index contributed by atoms with van der Waals surface area (Å²) in [6.07, 6.45) is 0.802. The molecule has 0 aliphatic rings. The number of rotatable bonds is 9. The highest BCUT2D eigenvalue weighted by molar-refractivity contribution is 7.99. The molecule has 0 fully saturated rings. The summed E-state index contributed by atoms with van der Waals surface area (Å²) in [6, 6.07) is 6.07. The van der Waals surface area contributed by atoms with Crippen LogP contribution in [-0.2, 0) is 0 Å². The van der Waals surface area contributed by atoms with E-state index in [2.05, 4.69) is 56.5 Å². The number of carbonyl (C=O) groups is 1. The second-order valence-corrected chi connectivity index (χ2v) is 7.42. The van der Waals surface area contributed by atoms with E-state index in [1.807, 2.05) is 0 Å².